The second-order valence-electron chi connectivity index (χ2n) is 5.70. The van der Waals surface area contributed by atoms with Crippen molar-refractivity contribution in [3.63, 3.8) is 0 Å². The van der Waals surface area contributed by atoms with E-state index in [4.69, 9.17) is 5.73 Å². The molecule has 0 atom stereocenters. The van der Waals surface area contributed by atoms with Gasteiger partial charge in [0.2, 0.25) is 0 Å². The van der Waals surface area contributed by atoms with Crippen LogP contribution < -0.4 is 5.73 Å². The Morgan fingerprint density at radius 2 is 1.76 bits per heavy atom. The van der Waals surface area contributed by atoms with E-state index in [1.54, 1.807) is 18.2 Å². The van der Waals surface area contributed by atoms with E-state index in [1.807, 2.05) is 25.9 Å². The standard InChI is InChI=1S/C18H19F2N3.2ClH/c1-12-8-15(22-17(21)9-12)5-4-14-10-13(6-7-23(2)3)11-16(19)18(14)20;;/h8-11H,6-7H2,1-3H3,(H2,21,22);2*1H. The van der Waals surface area contributed by atoms with Crippen LogP contribution in [0.5, 0.6) is 0 Å². The predicted octanol–water partition coefficient (Wildman–Crippen LogP) is 3.60. The number of benzene rings is 1. The lowest BCUT2D eigenvalue weighted by atomic mass is 10.1. The maximum absolute atomic E-state index is 13.9. The highest BCUT2D eigenvalue weighted by atomic mass is 35.5. The van der Waals surface area contributed by atoms with Crippen LogP contribution in [0.25, 0.3) is 0 Å². The smallest absolute Gasteiger partial charge is 0.174 e. The minimum atomic E-state index is -0.938. The Morgan fingerprint density at radius 3 is 2.36 bits per heavy atom. The van der Waals surface area contributed by atoms with Crippen LogP contribution in [0.15, 0.2) is 24.3 Å². The van der Waals surface area contributed by atoms with Crippen LogP contribution in [0.2, 0.25) is 0 Å². The van der Waals surface area contributed by atoms with E-state index in [0.717, 1.165) is 12.1 Å². The molecule has 0 amide bonds. The van der Waals surface area contributed by atoms with Gasteiger partial charge in [-0.05, 0) is 68.8 Å². The number of likely N-dealkylation sites (N-methyl/N-ethyl adjacent to an activating group) is 1. The molecule has 0 saturated heterocycles. The zero-order valence-corrected chi connectivity index (χ0v) is 15.9. The van der Waals surface area contributed by atoms with Gasteiger partial charge in [0, 0.05) is 6.54 Å². The molecule has 1 aromatic carbocycles. The molecule has 2 N–H and O–H groups in total. The van der Waals surface area contributed by atoms with Crippen molar-refractivity contribution in [1.29, 1.82) is 0 Å². The maximum Gasteiger partial charge on any atom is 0.174 e. The van der Waals surface area contributed by atoms with Crippen molar-refractivity contribution in [2.75, 3.05) is 26.4 Å². The molecule has 7 heteroatoms. The minimum absolute atomic E-state index is 0. The lowest BCUT2D eigenvalue weighted by Gasteiger charge is -2.10. The SMILES string of the molecule is Cc1cc(N)nc(C#Cc2cc(CCN(C)C)cc(F)c2F)c1.Cl.Cl. The summed E-state index contributed by atoms with van der Waals surface area (Å²) in [5.74, 6) is 3.92. The molecule has 136 valence electrons. The third kappa shape index (κ3) is 6.87. The van der Waals surface area contributed by atoms with Crippen LogP contribution >= 0.6 is 24.8 Å². The molecule has 3 nitrogen and oxygen atoms in total. The van der Waals surface area contributed by atoms with Crippen molar-refractivity contribution < 1.29 is 8.78 Å². The molecule has 0 spiro atoms. The number of anilines is 1. The summed E-state index contributed by atoms with van der Waals surface area (Å²) < 4.78 is 27.6. The lowest BCUT2D eigenvalue weighted by molar-refractivity contribution is 0.412. The number of hydrogen-bond acceptors (Lipinski definition) is 3. The first-order chi connectivity index (χ1) is 10.8. The molecule has 2 rings (SSSR count). The maximum atomic E-state index is 13.9. The van der Waals surface area contributed by atoms with Crippen LogP contribution in [0.4, 0.5) is 14.6 Å². The quantitative estimate of drug-likeness (QED) is 0.818. The monoisotopic (exact) mass is 387 g/mol. The summed E-state index contributed by atoms with van der Waals surface area (Å²) in [6, 6.07) is 6.25. The summed E-state index contributed by atoms with van der Waals surface area (Å²) in [5.41, 5.74) is 7.73. The first-order valence-corrected chi connectivity index (χ1v) is 7.24. The number of nitrogens with zero attached hydrogens (tertiary/aromatic N) is 2. The largest absolute Gasteiger partial charge is 0.384 e. The summed E-state index contributed by atoms with van der Waals surface area (Å²) >= 11 is 0. The fraction of sp³-hybridized carbons (Fsp3) is 0.278. The molecule has 0 aliphatic carbocycles. The summed E-state index contributed by atoms with van der Waals surface area (Å²) in [6.07, 6.45) is 0.620. The molecule has 0 fully saturated rings. The second-order valence-corrected chi connectivity index (χ2v) is 5.70. The Bertz CT molecular complexity index is 764. The number of pyridine rings is 1. The first kappa shape index (κ1) is 23.1. The Kier molecular flexibility index (Phi) is 9.43. The van der Waals surface area contributed by atoms with Crippen LogP contribution in [0.3, 0.4) is 0 Å². The van der Waals surface area contributed by atoms with E-state index >= 15 is 0 Å². The van der Waals surface area contributed by atoms with Crippen LogP contribution in [-0.4, -0.2) is 30.5 Å². The van der Waals surface area contributed by atoms with Gasteiger partial charge in [-0.2, -0.15) is 0 Å². The predicted molar refractivity (Wildman–Crippen MR) is 102 cm³/mol. The molecule has 0 bridgehead atoms. The van der Waals surface area contributed by atoms with E-state index in [0.29, 0.717) is 23.5 Å². The highest BCUT2D eigenvalue weighted by Crippen LogP contribution is 2.15. The van der Waals surface area contributed by atoms with Crippen molar-refractivity contribution in [3.8, 4) is 11.8 Å². The highest BCUT2D eigenvalue weighted by molar-refractivity contribution is 5.85. The Hall–Kier alpha value is -1.87. The Balaban J connectivity index is 0.00000288. The molecular formula is C18H21Cl2F2N3. The van der Waals surface area contributed by atoms with Crippen LogP contribution in [0.1, 0.15) is 22.4 Å². The van der Waals surface area contributed by atoms with Crippen molar-refractivity contribution in [2.24, 2.45) is 0 Å². The summed E-state index contributed by atoms with van der Waals surface area (Å²) in [7, 11) is 3.85. The van der Waals surface area contributed by atoms with Gasteiger partial charge in [-0.25, -0.2) is 13.8 Å². The number of aryl methyl sites for hydroxylation is 1. The molecule has 0 radical (unpaired) electrons. The molecular weight excluding hydrogens is 367 g/mol. The molecule has 2 aromatic rings. The van der Waals surface area contributed by atoms with E-state index in [-0.39, 0.29) is 30.4 Å². The van der Waals surface area contributed by atoms with E-state index in [1.165, 1.54) is 6.07 Å². The van der Waals surface area contributed by atoms with Gasteiger partial charge in [0.1, 0.15) is 11.5 Å². The van der Waals surface area contributed by atoms with Gasteiger partial charge in [-0.3, -0.25) is 0 Å². The molecule has 0 saturated carbocycles. The third-order valence-electron chi connectivity index (χ3n) is 3.25. The van der Waals surface area contributed by atoms with E-state index in [9.17, 15) is 8.78 Å². The normalized spacial score (nSPS) is 9.68. The number of rotatable bonds is 3. The van der Waals surface area contributed by atoms with Crippen molar-refractivity contribution in [2.45, 2.75) is 13.3 Å². The van der Waals surface area contributed by atoms with Crippen LogP contribution in [0, 0.1) is 30.4 Å². The Labute approximate surface area is 159 Å². The number of aromatic nitrogens is 1. The van der Waals surface area contributed by atoms with Gasteiger partial charge >= 0.3 is 0 Å². The Morgan fingerprint density at radius 1 is 1.08 bits per heavy atom. The van der Waals surface area contributed by atoms with Crippen molar-refractivity contribution >= 4 is 30.6 Å². The second kappa shape index (κ2) is 10.2. The number of hydrogen-bond donors (Lipinski definition) is 1. The minimum Gasteiger partial charge on any atom is -0.384 e. The van der Waals surface area contributed by atoms with Gasteiger partial charge in [0.25, 0.3) is 0 Å². The van der Waals surface area contributed by atoms with Gasteiger partial charge in [0.05, 0.1) is 5.56 Å². The average Bonchev–Trinajstić information content (AvgIpc) is 2.46. The zero-order valence-electron chi connectivity index (χ0n) is 14.3. The number of halogens is 4. The average molecular weight is 388 g/mol. The van der Waals surface area contributed by atoms with E-state index < -0.39 is 11.6 Å². The van der Waals surface area contributed by atoms with Gasteiger partial charge in [0.15, 0.2) is 11.6 Å². The molecule has 0 unspecified atom stereocenters. The van der Waals surface area contributed by atoms with E-state index in [2.05, 4.69) is 16.8 Å². The van der Waals surface area contributed by atoms with Gasteiger partial charge in [-0.15, -0.1) is 24.8 Å². The van der Waals surface area contributed by atoms with Crippen LogP contribution in [-0.2, 0) is 6.42 Å². The fourth-order valence-corrected chi connectivity index (χ4v) is 2.12. The van der Waals surface area contributed by atoms with Gasteiger partial charge in [-0.1, -0.05) is 5.92 Å². The van der Waals surface area contributed by atoms with Gasteiger partial charge < -0.3 is 10.6 Å². The number of nitrogen functional groups attached to an aromatic ring is 1. The summed E-state index contributed by atoms with van der Waals surface area (Å²) in [4.78, 5) is 6.04. The zero-order chi connectivity index (χ0) is 17.0. The van der Waals surface area contributed by atoms with Crippen molar-refractivity contribution in [3.05, 3.63) is 58.3 Å². The third-order valence-corrected chi connectivity index (χ3v) is 3.25. The molecule has 0 aliphatic heterocycles. The fourth-order valence-electron chi connectivity index (χ4n) is 2.12. The highest BCUT2D eigenvalue weighted by Gasteiger charge is 2.09. The molecule has 1 aromatic heterocycles. The first-order valence-electron chi connectivity index (χ1n) is 7.24. The summed E-state index contributed by atoms with van der Waals surface area (Å²) in [6.45, 7) is 2.61. The van der Waals surface area contributed by atoms with Crippen molar-refractivity contribution in [1.82, 2.24) is 9.88 Å². The molecule has 1 heterocycles. The number of nitrogens with two attached hydrogens (primary N) is 1. The molecule has 0 aliphatic rings. The molecule has 25 heavy (non-hydrogen) atoms. The topological polar surface area (TPSA) is 42.1 Å². The lowest BCUT2D eigenvalue weighted by Crippen LogP contribution is -2.15. The summed E-state index contributed by atoms with van der Waals surface area (Å²) in [5, 5.41) is 0.